The van der Waals surface area contributed by atoms with Gasteiger partial charge < -0.3 is 9.15 Å². The second-order valence-electron chi connectivity index (χ2n) is 6.25. The van der Waals surface area contributed by atoms with E-state index in [1.807, 2.05) is 31.2 Å². The lowest BCUT2D eigenvalue weighted by Crippen LogP contribution is -2.16. The van der Waals surface area contributed by atoms with Crippen molar-refractivity contribution in [2.24, 2.45) is 0 Å². The van der Waals surface area contributed by atoms with Crippen LogP contribution in [0.1, 0.15) is 11.4 Å². The smallest absolute Gasteiger partial charge is 0.413 e. The van der Waals surface area contributed by atoms with Crippen molar-refractivity contribution in [2.45, 2.75) is 19.8 Å². The van der Waals surface area contributed by atoms with E-state index in [-0.39, 0.29) is 23.4 Å². The molecule has 0 unspecified atom stereocenters. The summed E-state index contributed by atoms with van der Waals surface area (Å²) in [6, 6.07) is 12.9. The highest BCUT2D eigenvalue weighted by atomic mass is 79.9. The van der Waals surface area contributed by atoms with Gasteiger partial charge in [0.15, 0.2) is 0 Å². The Morgan fingerprint density at radius 1 is 1.07 bits per heavy atom. The highest BCUT2D eigenvalue weighted by molar-refractivity contribution is 9.10. The topological polar surface area (TPSA) is 78.9 Å². The fourth-order valence-electron chi connectivity index (χ4n) is 2.70. The van der Waals surface area contributed by atoms with E-state index >= 15 is 0 Å². The third kappa shape index (κ3) is 4.67. The fraction of sp³-hybridized carbons (Fsp3) is 0.158. The Hall–Kier alpha value is -3.21. The SMILES string of the molecule is Cc1nc(-c2nnc(-c3ccc(OC(F)(F)F)cc3)o2)nn1Cc1cccc(Br)c1. The molecule has 2 aromatic carbocycles. The molecule has 0 radical (unpaired) electrons. The zero-order valence-electron chi connectivity index (χ0n) is 15.4. The number of nitrogens with zero attached hydrogens (tertiary/aromatic N) is 5. The molecule has 2 aromatic heterocycles. The zero-order valence-corrected chi connectivity index (χ0v) is 17.0. The third-order valence-electron chi connectivity index (χ3n) is 4.03. The lowest BCUT2D eigenvalue weighted by atomic mass is 10.2. The molecule has 154 valence electrons. The Morgan fingerprint density at radius 2 is 1.80 bits per heavy atom. The maximum absolute atomic E-state index is 12.3. The van der Waals surface area contributed by atoms with Crippen molar-refractivity contribution < 1.29 is 22.3 Å². The molecule has 0 saturated carbocycles. The van der Waals surface area contributed by atoms with Gasteiger partial charge in [0.2, 0.25) is 11.7 Å². The first-order valence-corrected chi connectivity index (χ1v) is 9.42. The third-order valence-corrected chi connectivity index (χ3v) is 4.52. The molecule has 0 aliphatic heterocycles. The van der Waals surface area contributed by atoms with Gasteiger partial charge in [0.1, 0.15) is 11.6 Å². The predicted octanol–water partition coefficient (Wildman–Crippen LogP) is 5.01. The number of hydrogen-bond donors (Lipinski definition) is 0. The molecule has 0 atom stereocenters. The molecule has 0 saturated heterocycles. The number of benzene rings is 2. The number of aryl methyl sites for hydroxylation is 1. The molecule has 0 aliphatic carbocycles. The van der Waals surface area contributed by atoms with Gasteiger partial charge in [-0.2, -0.15) is 0 Å². The first-order chi connectivity index (χ1) is 14.3. The van der Waals surface area contributed by atoms with E-state index in [1.54, 1.807) is 4.68 Å². The van der Waals surface area contributed by atoms with Crippen LogP contribution in [-0.4, -0.2) is 31.3 Å². The van der Waals surface area contributed by atoms with Gasteiger partial charge in [0.05, 0.1) is 6.54 Å². The van der Waals surface area contributed by atoms with E-state index in [1.165, 1.54) is 24.3 Å². The van der Waals surface area contributed by atoms with Gasteiger partial charge in [-0.3, -0.25) is 0 Å². The lowest BCUT2D eigenvalue weighted by Gasteiger charge is -2.08. The van der Waals surface area contributed by atoms with Crippen molar-refractivity contribution in [3.8, 4) is 28.9 Å². The van der Waals surface area contributed by atoms with Crippen LogP contribution < -0.4 is 4.74 Å². The van der Waals surface area contributed by atoms with Crippen molar-refractivity contribution in [3.63, 3.8) is 0 Å². The van der Waals surface area contributed by atoms with Crippen LogP contribution in [0.25, 0.3) is 23.2 Å². The molecule has 2 heterocycles. The summed E-state index contributed by atoms with van der Waals surface area (Å²) in [5, 5.41) is 12.3. The Bertz CT molecular complexity index is 1170. The van der Waals surface area contributed by atoms with Crippen LogP contribution in [0.15, 0.2) is 57.4 Å². The minimum atomic E-state index is -4.75. The average molecular weight is 480 g/mol. The van der Waals surface area contributed by atoms with Gasteiger partial charge in [-0.05, 0) is 48.9 Å². The Balaban J connectivity index is 1.53. The van der Waals surface area contributed by atoms with E-state index in [2.05, 4.69) is 40.9 Å². The van der Waals surface area contributed by atoms with Gasteiger partial charge in [-0.25, -0.2) is 9.67 Å². The number of alkyl halides is 3. The predicted molar refractivity (Wildman–Crippen MR) is 103 cm³/mol. The highest BCUT2D eigenvalue weighted by Gasteiger charge is 2.31. The average Bonchev–Trinajstić information content (AvgIpc) is 3.29. The van der Waals surface area contributed by atoms with Crippen LogP contribution in [0.4, 0.5) is 13.2 Å². The maximum Gasteiger partial charge on any atom is 0.573 e. The summed E-state index contributed by atoms with van der Waals surface area (Å²) in [6.45, 7) is 2.32. The van der Waals surface area contributed by atoms with Gasteiger partial charge >= 0.3 is 6.36 Å². The second-order valence-corrected chi connectivity index (χ2v) is 7.17. The molecule has 0 spiro atoms. The standard InChI is InChI=1S/C19H13BrF3N5O2/c1-11-24-16(27-28(11)10-12-3-2-4-14(20)9-12)18-26-25-17(29-18)13-5-7-15(8-6-13)30-19(21,22)23/h2-9H,10H2,1H3. The van der Waals surface area contributed by atoms with Gasteiger partial charge in [0, 0.05) is 10.0 Å². The summed E-state index contributed by atoms with van der Waals surface area (Å²) >= 11 is 3.44. The van der Waals surface area contributed by atoms with Gasteiger partial charge in [0.25, 0.3) is 5.89 Å². The first kappa shape index (κ1) is 20.1. The van der Waals surface area contributed by atoms with Crippen molar-refractivity contribution in [1.82, 2.24) is 25.0 Å². The summed E-state index contributed by atoms with van der Waals surface area (Å²) < 4.78 is 48.9. The molecule has 11 heteroatoms. The fourth-order valence-corrected chi connectivity index (χ4v) is 3.14. The summed E-state index contributed by atoms with van der Waals surface area (Å²) in [7, 11) is 0. The summed E-state index contributed by atoms with van der Waals surface area (Å²) in [5.41, 5.74) is 1.48. The molecule has 0 fully saturated rings. The summed E-state index contributed by atoms with van der Waals surface area (Å²) in [6.07, 6.45) is -4.75. The van der Waals surface area contributed by atoms with Crippen LogP contribution in [0.3, 0.4) is 0 Å². The van der Waals surface area contributed by atoms with Crippen LogP contribution in [-0.2, 0) is 6.54 Å². The van der Waals surface area contributed by atoms with E-state index in [4.69, 9.17) is 4.42 Å². The van der Waals surface area contributed by atoms with Crippen LogP contribution in [0.5, 0.6) is 5.75 Å². The molecule has 0 bridgehead atoms. The molecular weight excluding hydrogens is 467 g/mol. The summed E-state index contributed by atoms with van der Waals surface area (Å²) in [4.78, 5) is 4.36. The quantitative estimate of drug-likeness (QED) is 0.400. The molecule has 4 aromatic rings. The lowest BCUT2D eigenvalue weighted by molar-refractivity contribution is -0.274. The Kier molecular flexibility index (Phi) is 5.29. The number of hydrogen-bond acceptors (Lipinski definition) is 6. The number of rotatable bonds is 5. The van der Waals surface area contributed by atoms with E-state index in [0.29, 0.717) is 17.9 Å². The normalized spacial score (nSPS) is 11.6. The largest absolute Gasteiger partial charge is 0.573 e. The minimum Gasteiger partial charge on any atom is -0.413 e. The Labute approximate surface area is 176 Å². The zero-order chi connectivity index (χ0) is 21.3. The number of halogens is 4. The van der Waals surface area contributed by atoms with Crippen molar-refractivity contribution in [2.75, 3.05) is 0 Å². The Morgan fingerprint density at radius 3 is 2.50 bits per heavy atom. The second kappa shape index (κ2) is 7.90. The molecule has 0 N–H and O–H groups in total. The van der Waals surface area contributed by atoms with Crippen LogP contribution >= 0.6 is 15.9 Å². The number of aromatic nitrogens is 5. The van der Waals surface area contributed by atoms with Crippen molar-refractivity contribution in [3.05, 3.63) is 64.4 Å². The minimum absolute atomic E-state index is 0.108. The molecule has 30 heavy (non-hydrogen) atoms. The van der Waals surface area contributed by atoms with E-state index in [0.717, 1.165) is 10.0 Å². The molecule has 0 amide bonds. The van der Waals surface area contributed by atoms with Crippen molar-refractivity contribution >= 4 is 15.9 Å². The monoisotopic (exact) mass is 479 g/mol. The molecule has 4 rings (SSSR count). The molecular formula is C19H13BrF3N5O2. The first-order valence-electron chi connectivity index (χ1n) is 8.63. The maximum atomic E-state index is 12.3. The van der Waals surface area contributed by atoms with Crippen LogP contribution in [0, 0.1) is 6.92 Å². The van der Waals surface area contributed by atoms with Gasteiger partial charge in [-0.15, -0.1) is 28.5 Å². The summed E-state index contributed by atoms with van der Waals surface area (Å²) in [5.74, 6) is 0.826. The highest BCUT2D eigenvalue weighted by Crippen LogP contribution is 2.27. The molecule has 7 nitrogen and oxygen atoms in total. The van der Waals surface area contributed by atoms with Crippen molar-refractivity contribution in [1.29, 1.82) is 0 Å². The van der Waals surface area contributed by atoms with E-state index in [9.17, 15) is 13.2 Å². The molecule has 0 aliphatic rings. The van der Waals surface area contributed by atoms with Gasteiger partial charge in [-0.1, -0.05) is 28.1 Å². The van der Waals surface area contributed by atoms with Crippen LogP contribution in [0.2, 0.25) is 0 Å². The number of ether oxygens (including phenoxy) is 1. The van der Waals surface area contributed by atoms with E-state index < -0.39 is 6.36 Å².